The molecule has 0 aliphatic carbocycles. The van der Waals surface area contributed by atoms with Crippen molar-refractivity contribution in [2.45, 2.75) is 26.3 Å². The molecule has 0 radical (unpaired) electrons. The molecule has 1 rings (SSSR count). The standard InChI is InChI=1S/C12H17FN2O.ClH/c1-8-6-9(4-5-10(8)13)11(16)15-7-12(2,3)14;/h4-6H,7,14H2,1-3H3,(H,15,16);1H. The second-order valence-corrected chi connectivity index (χ2v) is 4.64. The van der Waals surface area contributed by atoms with Crippen molar-refractivity contribution in [1.29, 1.82) is 0 Å². The van der Waals surface area contributed by atoms with Crippen molar-refractivity contribution in [3.8, 4) is 0 Å². The highest BCUT2D eigenvalue weighted by molar-refractivity contribution is 5.94. The molecule has 0 atom stereocenters. The van der Waals surface area contributed by atoms with E-state index < -0.39 is 5.54 Å². The van der Waals surface area contributed by atoms with E-state index in [9.17, 15) is 9.18 Å². The molecule has 5 heteroatoms. The van der Waals surface area contributed by atoms with Gasteiger partial charge in [-0.2, -0.15) is 0 Å². The zero-order chi connectivity index (χ0) is 12.3. The minimum atomic E-state index is -0.454. The number of hydrogen-bond acceptors (Lipinski definition) is 2. The molecule has 0 heterocycles. The number of hydrogen-bond donors (Lipinski definition) is 2. The van der Waals surface area contributed by atoms with E-state index in [1.54, 1.807) is 6.92 Å². The summed E-state index contributed by atoms with van der Waals surface area (Å²) in [6, 6.07) is 4.27. The zero-order valence-electron chi connectivity index (χ0n) is 10.2. The Kier molecular flexibility index (Phi) is 5.58. The van der Waals surface area contributed by atoms with Crippen LogP contribution in [0.4, 0.5) is 4.39 Å². The first-order chi connectivity index (χ1) is 7.29. The SMILES string of the molecule is Cc1cc(C(=O)NCC(C)(C)N)ccc1F.Cl. The summed E-state index contributed by atoms with van der Waals surface area (Å²) in [5.41, 5.74) is 6.19. The summed E-state index contributed by atoms with van der Waals surface area (Å²) in [6.45, 7) is 5.65. The van der Waals surface area contributed by atoms with Crippen molar-refractivity contribution < 1.29 is 9.18 Å². The van der Waals surface area contributed by atoms with Crippen LogP contribution in [0.5, 0.6) is 0 Å². The van der Waals surface area contributed by atoms with Crippen molar-refractivity contribution in [2.24, 2.45) is 5.73 Å². The van der Waals surface area contributed by atoms with Gasteiger partial charge in [-0.3, -0.25) is 4.79 Å². The minimum absolute atomic E-state index is 0. The van der Waals surface area contributed by atoms with Crippen LogP contribution in [0.25, 0.3) is 0 Å². The number of carbonyl (C=O) groups excluding carboxylic acids is 1. The topological polar surface area (TPSA) is 55.1 Å². The first-order valence-corrected chi connectivity index (χ1v) is 5.13. The highest BCUT2D eigenvalue weighted by Crippen LogP contribution is 2.09. The van der Waals surface area contributed by atoms with Crippen LogP contribution in [0.15, 0.2) is 18.2 Å². The fourth-order valence-electron chi connectivity index (χ4n) is 1.20. The molecule has 96 valence electrons. The van der Waals surface area contributed by atoms with Gasteiger partial charge in [-0.25, -0.2) is 4.39 Å². The Morgan fingerprint density at radius 3 is 2.53 bits per heavy atom. The quantitative estimate of drug-likeness (QED) is 0.874. The molecular formula is C12H18ClFN2O. The van der Waals surface area contributed by atoms with Crippen molar-refractivity contribution in [2.75, 3.05) is 6.54 Å². The molecule has 0 spiro atoms. The van der Waals surface area contributed by atoms with Crippen molar-refractivity contribution in [3.63, 3.8) is 0 Å². The highest BCUT2D eigenvalue weighted by atomic mass is 35.5. The molecule has 3 N–H and O–H groups in total. The Hall–Kier alpha value is -1.13. The summed E-state index contributed by atoms with van der Waals surface area (Å²) in [5.74, 6) is -0.544. The van der Waals surface area contributed by atoms with Crippen LogP contribution in [0.3, 0.4) is 0 Å². The maximum Gasteiger partial charge on any atom is 0.251 e. The van der Waals surface area contributed by atoms with E-state index in [0.717, 1.165) is 0 Å². The number of benzene rings is 1. The lowest BCUT2D eigenvalue weighted by molar-refractivity contribution is 0.0946. The minimum Gasteiger partial charge on any atom is -0.350 e. The summed E-state index contributed by atoms with van der Waals surface area (Å²) in [6.07, 6.45) is 0. The summed E-state index contributed by atoms with van der Waals surface area (Å²) in [4.78, 5) is 11.7. The van der Waals surface area contributed by atoms with E-state index in [1.807, 2.05) is 13.8 Å². The van der Waals surface area contributed by atoms with Crippen LogP contribution in [-0.2, 0) is 0 Å². The first-order valence-electron chi connectivity index (χ1n) is 5.13. The molecule has 0 saturated heterocycles. The molecule has 0 aliphatic heterocycles. The lowest BCUT2D eigenvalue weighted by Gasteiger charge is -2.18. The Morgan fingerprint density at radius 2 is 2.06 bits per heavy atom. The third kappa shape index (κ3) is 5.15. The van der Waals surface area contributed by atoms with E-state index in [-0.39, 0.29) is 24.1 Å². The average molecular weight is 261 g/mol. The predicted molar refractivity (Wildman–Crippen MR) is 69.0 cm³/mol. The van der Waals surface area contributed by atoms with Crippen molar-refractivity contribution in [1.82, 2.24) is 5.32 Å². The van der Waals surface area contributed by atoms with Gasteiger partial charge in [0.15, 0.2) is 0 Å². The number of aryl methyl sites for hydroxylation is 1. The summed E-state index contributed by atoms with van der Waals surface area (Å²) in [5, 5.41) is 2.70. The largest absolute Gasteiger partial charge is 0.350 e. The van der Waals surface area contributed by atoms with Crippen molar-refractivity contribution in [3.05, 3.63) is 35.1 Å². The lowest BCUT2D eigenvalue weighted by atomic mass is 10.1. The van der Waals surface area contributed by atoms with E-state index in [2.05, 4.69) is 5.32 Å². The maximum atomic E-state index is 13.0. The number of rotatable bonds is 3. The third-order valence-corrected chi connectivity index (χ3v) is 2.12. The zero-order valence-corrected chi connectivity index (χ0v) is 11.0. The summed E-state index contributed by atoms with van der Waals surface area (Å²) in [7, 11) is 0. The normalized spacial score (nSPS) is 10.6. The summed E-state index contributed by atoms with van der Waals surface area (Å²) < 4.78 is 13.0. The molecule has 1 amide bonds. The molecule has 17 heavy (non-hydrogen) atoms. The van der Waals surface area contributed by atoms with Crippen LogP contribution >= 0.6 is 12.4 Å². The number of nitrogens with one attached hydrogen (secondary N) is 1. The summed E-state index contributed by atoms with van der Waals surface area (Å²) >= 11 is 0. The highest BCUT2D eigenvalue weighted by Gasteiger charge is 2.13. The van der Waals surface area contributed by atoms with Crippen LogP contribution in [0, 0.1) is 12.7 Å². The van der Waals surface area contributed by atoms with Crippen LogP contribution in [0.1, 0.15) is 29.8 Å². The predicted octanol–water partition coefficient (Wildman–Crippen LogP) is 2.02. The molecule has 1 aromatic rings. The van der Waals surface area contributed by atoms with Gasteiger partial charge in [-0.1, -0.05) is 0 Å². The number of carbonyl (C=O) groups is 1. The second kappa shape index (κ2) is 5.98. The van der Waals surface area contributed by atoms with Gasteiger partial charge < -0.3 is 11.1 Å². The smallest absolute Gasteiger partial charge is 0.251 e. The molecule has 0 fully saturated rings. The van der Waals surface area contributed by atoms with Gasteiger partial charge in [0.25, 0.3) is 5.91 Å². The molecule has 0 bridgehead atoms. The van der Waals surface area contributed by atoms with Gasteiger partial charge in [0.2, 0.25) is 0 Å². The molecule has 0 aliphatic rings. The van der Waals surface area contributed by atoms with Gasteiger partial charge in [0.1, 0.15) is 5.82 Å². The molecule has 0 aromatic heterocycles. The molecule has 1 aromatic carbocycles. The molecule has 0 saturated carbocycles. The van der Waals surface area contributed by atoms with Crippen LogP contribution in [-0.4, -0.2) is 18.0 Å². The Balaban J connectivity index is 0.00000256. The van der Waals surface area contributed by atoms with Crippen LogP contribution in [0.2, 0.25) is 0 Å². The second-order valence-electron chi connectivity index (χ2n) is 4.64. The fraction of sp³-hybridized carbons (Fsp3) is 0.417. The maximum absolute atomic E-state index is 13.0. The average Bonchev–Trinajstić information content (AvgIpc) is 2.17. The van der Waals surface area contributed by atoms with E-state index in [1.165, 1.54) is 18.2 Å². The van der Waals surface area contributed by atoms with Crippen LogP contribution < -0.4 is 11.1 Å². The Bertz CT molecular complexity index is 402. The van der Waals surface area contributed by atoms with E-state index >= 15 is 0 Å². The van der Waals surface area contributed by atoms with Gasteiger partial charge >= 0.3 is 0 Å². The third-order valence-electron chi connectivity index (χ3n) is 2.12. The van der Waals surface area contributed by atoms with Gasteiger partial charge in [-0.15, -0.1) is 12.4 Å². The number of amides is 1. The van der Waals surface area contributed by atoms with Crippen molar-refractivity contribution >= 4 is 18.3 Å². The molecule has 3 nitrogen and oxygen atoms in total. The molecule has 0 unspecified atom stereocenters. The van der Waals surface area contributed by atoms with E-state index in [4.69, 9.17) is 5.73 Å². The monoisotopic (exact) mass is 260 g/mol. The Labute approximate surface area is 107 Å². The van der Waals surface area contributed by atoms with Gasteiger partial charge in [-0.05, 0) is 44.5 Å². The first kappa shape index (κ1) is 15.9. The number of halogens is 2. The van der Waals surface area contributed by atoms with Gasteiger partial charge in [0.05, 0.1) is 0 Å². The fourth-order valence-corrected chi connectivity index (χ4v) is 1.20. The lowest BCUT2D eigenvalue weighted by Crippen LogP contribution is -2.45. The molecular weight excluding hydrogens is 243 g/mol. The Morgan fingerprint density at radius 1 is 1.47 bits per heavy atom. The van der Waals surface area contributed by atoms with Gasteiger partial charge in [0, 0.05) is 17.6 Å². The number of nitrogens with two attached hydrogens (primary N) is 1. The van der Waals surface area contributed by atoms with E-state index in [0.29, 0.717) is 17.7 Å².